The molecule has 2 fully saturated rings. The number of piperazine rings is 1. The van der Waals surface area contributed by atoms with E-state index in [0.717, 1.165) is 25.0 Å². The Kier molecular flexibility index (Phi) is 3.41. The number of ether oxygens (including phenoxy) is 1. The van der Waals surface area contributed by atoms with Crippen LogP contribution in [0, 0.1) is 0 Å². The van der Waals surface area contributed by atoms with Gasteiger partial charge in [0.15, 0.2) is 0 Å². The van der Waals surface area contributed by atoms with Crippen LogP contribution in [0.1, 0.15) is 40.5 Å². The number of carbonyl (C=O) groups excluding carboxylic acids is 1. The van der Waals surface area contributed by atoms with Gasteiger partial charge in [-0.2, -0.15) is 0 Å². The summed E-state index contributed by atoms with van der Waals surface area (Å²) >= 11 is 0. The highest BCUT2D eigenvalue weighted by Crippen LogP contribution is 2.33. The van der Waals surface area contributed by atoms with Gasteiger partial charge in [0.1, 0.15) is 5.60 Å². The van der Waals surface area contributed by atoms with E-state index >= 15 is 0 Å². The Balaban J connectivity index is 2.13. The van der Waals surface area contributed by atoms with Crippen LogP contribution in [0.15, 0.2) is 12.2 Å². The number of nitrogens with one attached hydrogen (secondary N) is 1. The second-order valence-corrected chi connectivity index (χ2v) is 6.42. The molecule has 0 spiro atoms. The molecule has 4 nitrogen and oxygen atoms in total. The Labute approximate surface area is 109 Å². The second kappa shape index (κ2) is 4.57. The van der Waals surface area contributed by atoms with Gasteiger partial charge < -0.3 is 10.1 Å². The number of hydrogen-bond donors (Lipinski definition) is 1. The molecule has 0 aliphatic carbocycles. The van der Waals surface area contributed by atoms with Gasteiger partial charge in [0.2, 0.25) is 0 Å². The molecule has 102 valence electrons. The van der Waals surface area contributed by atoms with Gasteiger partial charge in [-0.15, -0.1) is 0 Å². The zero-order valence-corrected chi connectivity index (χ0v) is 11.8. The maximum Gasteiger partial charge on any atom is 0.410 e. The highest BCUT2D eigenvalue weighted by molar-refractivity contribution is 5.70. The van der Waals surface area contributed by atoms with Crippen LogP contribution < -0.4 is 5.32 Å². The summed E-state index contributed by atoms with van der Waals surface area (Å²) in [6, 6.07) is 0.688. The average molecular weight is 252 g/mol. The lowest BCUT2D eigenvalue weighted by atomic mass is 9.99. The first-order chi connectivity index (χ1) is 8.29. The van der Waals surface area contributed by atoms with Crippen LogP contribution in [0.2, 0.25) is 0 Å². The zero-order valence-electron chi connectivity index (χ0n) is 11.8. The largest absolute Gasteiger partial charge is 0.444 e. The topological polar surface area (TPSA) is 41.6 Å². The number of carbonyl (C=O) groups is 1. The lowest BCUT2D eigenvalue weighted by Crippen LogP contribution is -2.60. The standard InChI is InChI=1S/C14H24N2O2/c1-9(2)12-11-7-6-10(8-15-12)16(11)13(17)18-14(3,4)5/h10-12,15H,1,6-8H2,2-5H3/t10-,11+,12+/m1/s1. The molecule has 0 aromatic heterocycles. The molecular formula is C14H24N2O2. The van der Waals surface area contributed by atoms with Crippen LogP contribution in [0.5, 0.6) is 0 Å². The monoisotopic (exact) mass is 252 g/mol. The maximum absolute atomic E-state index is 12.3. The summed E-state index contributed by atoms with van der Waals surface area (Å²) in [5, 5.41) is 3.48. The van der Waals surface area contributed by atoms with E-state index in [4.69, 9.17) is 4.74 Å². The van der Waals surface area contributed by atoms with Gasteiger partial charge in [-0.25, -0.2) is 4.79 Å². The zero-order chi connectivity index (χ0) is 13.5. The molecule has 1 amide bonds. The summed E-state index contributed by atoms with van der Waals surface area (Å²) < 4.78 is 5.52. The van der Waals surface area contributed by atoms with E-state index in [2.05, 4.69) is 11.9 Å². The van der Waals surface area contributed by atoms with Crippen molar-refractivity contribution in [2.45, 2.75) is 64.3 Å². The molecule has 2 heterocycles. The molecule has 2 rings (SSSR count). The van der Waals surface area contributed by atoms with Crippen LogP contribution >= 0.6 is 0 Å². The van der Waals surface area contributed by atoms with Crippen molar-refractivity contribution in [3.8, 4) is 0 Å². The summed E-state index contributed by atoms with van der Waals surface area (Å²) in [5.74, 6) is 0. The highest BCUT2D eigenvalue weighted by atomic mass is 16.6. The molecule has 1 N–H and O–H groups in total. The van der Waals surface area contributed by atoms with Gasteiger partial charge in [-0.1, -0.05) is 12.2 Å². The summed E-state index contributed by atoms with van der Waals surface area (Å²) in [4.78, 5) is 14.2. The van der Waals surface area contributed by atoms with Crippen molar-refractivity contribution < 1.29 is 9.53 Å². The van der Waals surface area contributed by atoms with E-state index in [1.54, 1.807) is 0 Å². The maximum atomic E-state index is 12.3. The lowest BCUT2D eigenvalue weighted by Gasteiger charge is -2.41. The lowest BCUT2D eigenvalue weighted by molar-refractivity contribution is 0.00627. The number of rotatable bonds is 1. The Morgan fingerprint density at radius 2 is 2.06 bits per heavy atom. The van der Waals surface area contributed by atoms with Crippen LogP contribution in [-0.2, 0) is 4.74 Å². The molecule has 4 heteroatoms. The molecule has 0 aromatic rings. The number of hydrogen-bond acceptors (Lipinski definition) is 3. The molecule has 0 radical (unpaired) electrons. The van der Waals surface area contributed by atoms with Gasteiger partial charge >= 0.3 is 6.09 Å². The van der Waals surface area contributed by atoms with Crippen molar-refractivity contribution in [2.75, 3.05) is 6.54 Å². The summed E-state index contributed by atoms with van der Waals surface area (Å²) in [7, 11) is 0. The van der Waals surface area contributed by atoms with Gasteiger partial charge in [0.05, 0.1) is 6.04 Å². The van der Waals surface area contributed by atoms with E-state index < -0.39 is 5.60 Å². The molecule has 3 atom stereocenters. The van der Waals surface area contributed by atoms with Gasteiger partial charge in [-0.05, 0) is 40.5 Å². The molecule has 18 heavy (non-hydrogen) atoms. The quantitative estimate of drug-likeness (QED) is 0.728. The Bertz CT molecular complexity index is 359. The van der Waals surface area contributed by atoms with Gasteiger partial charge in [0, 0.05) is 18.6 Å². The van der Waals surface area contributed by atoms with Crippen molar-refractivity contribution in [3.63, 3.8) is 0 Å². The number of fused-ring (bicyclic) bond motifs is 2. The van der Waals surface area contributed by atoms with E-state index in [0.29, 0.717) is 0 Å². The van der Waals surface area contributed by atoms with Gasteiger partial charge in [0.25, 0.3) is 0 Å². The highest BCUT2D eigenvalue weighted by Gasteiger charge is 2.46. The Morgan fingerprint density at radius 3 is 2.61 bits per heavy atom. The smallest absolute Gasteiger partial charge is 0.410 e. The summed E-state index contributed by atoms with van der Waals surface area (Å²) in [6.07, 6.45) is 1.91. The summed E-state index contributed by atoms with van der Waals surface area (Å²) in [5.41, 5.74) is 0.661. The Morgan fingerprint density at radius 1 is 1.39 bits per heavy atom. The minimum Gasteiger partial charge on any atom is -0.444 e. The number of nitrogens with zero attached hydrogens (tertiary/aromatic N) is 1. The van der Waals surface area contributed by atoms with Crippen molar-refractivity contribution in [1.82, 2.24) is 10.2 Å². The molecule has 2 bridgehead atoms. The molecule has 0 unspecified atom stereocenters. The fraction of sp³-hybridized carbons (Fsp3) is 0.786. The molecule has 2 saturated heterocycles. The Hall–Kier alpha value is -1.03. The van der Waals surface area contributed by atoms with Crippen LogP contribution in [0.4, 0.5) is 4.79 Å². The van der Waals surface area contributed by atoms with Gasteiger partial charge in [-0.3, -0.25) is 4.90 Å². The minimum atomic E-state index is -0.430. The molecule has 0 saturated carbocycles. The van der Waals surface area contributed by atoms with Crippen molar-refractivity contribution >= 4 is 6.09 Å². The molecule has 0 aromatic carbocycles. The predicted molar refractivity (Wildman–Crippen MR) is 71.5 cm³/mol. The minimum absolute atomic E-state index is 0.178. The summed E-state index contributed by atoms with van der Waals surface area (Å²) in [6.45, 7) is 12.6. The first-order valence-electron chi connectivity index (χ1n) is 6.69. The SMILES string of the molecule is C=C(C)[C@@H]1NC[C@H]2CC[C@@H]1N2C(=O)OC(C)(C)C. The van der Waals surface area contributed by atoms with Crippen LogP contribution in [0.25, 0.3) is 0 Å². The second-order valence-electron chi connectivity index (χ2n) is 6.42. The predicted octanol–water partition coefficient (Wildman–Crippen LogP) is 2.30. The first kappa shape index (κ1) is 13.4. The normalized spacial score (nSPS) is 31.3. The third-order valence-electron chi connectivity index (χ3n) is 3.64. The molecule has 2 aliphatic rings. The fourth-order valence-corrected chi connectivity index (χ4v) is 2.94. The van der Waals surface area contributed by atoms with Crippen molar-refractivity contribution in [2.24, 2.45) is 0 Å². The van der Waals surface area contributed by atoms with Crippen molar-refractivity contribution in [3.05, 3.63) is 12.2 Å². The first-order valence-corrected chi connectivity index (χ1v) is 6.69. The third-order valence-corrected chi connectivity index (χ3v) is 3.64. The third kappa shape index (κ3) is 2.53. The van der Waals surface area contributed by atoms with Crippen LogP contribution in [-0.4, -0.2) is 41.3 Å². The molecule has 2 aliphatic heterocycles. The van der Waals surface area contributed by atoms with E-state index in [1.807, 2.05) is 32.6 Å². The number of amides is 1. The van der Waals surface area contributed by atoms with E-state index in [9.17, 15) is 4.79 Å². The molecular weight excluding hydrogens is 228 g/mol. The van der Waals surface area contributed by atoms with Crippen LogP contribution in [0.3, 0.4) is 0 Å². The van der Waals surface area contributed by atoms with E-state index in [1.165, 1.54) is 0 Å². The average Bonchev–Trinajstić information content (AvgIpc) is 2.49. The fourth-order valence-electron chi connectivity index (χ4n) is 2.94. The van der Waals surface area contributed by atoms with E-state index in [-0.39, 0.29) is 24.2 Å². The van der Waals surface area contributed by atoms with Crippen molar-refractivity contribution in [1.29, 1.82) is 0 Å².